The molecule has 0 bridgehead atoms. The van der Waals surface area contributed by atoms with Crippen molar-refractivity contribution in [3.63, 3.8) is 0 Å². The summed E-state index contributed by atoms with van der Waals surface area (Å²) in [5.74, 6) is 2.28. The van der Waals surface area contributed by atoms with Crippen LogP contribution in [-0.4, -0.2) is 41.4 Å². The summed E-state index contributed by atoms with van der Waals surface area (Å²) in [5, 5.41) is 11.6. The Hall–Kier alpha value is -2.37. The monoisotopic (exact) mass is 352 g/mol. The minimum Gasteiger partial charge on any atom is -0.372 e. The first-order valence-electron chi connectivity index (χ1n) is 9.85. The number of rotatable bonds is 4. The van der Waals surface area contributed by atoms with E-state index in [4.69, 9.17) is 0 Å². The lowest BCUT2D eigenvalue weighted by atomic mass is 9.99. The molecule has 0 aliphatic carbocycles. The Balaban J connectivity index is 1.41. The van der Waals surface area contributed by atoms with Gasteiger partial charge in [0, 0.05) is 37.6 Å². The van der Waals surface area contributed by atoms with Crippen LogP contribution in [0.25, 0.3) is 0 Å². The summed E-state index contributed by atoms with van der Waals surface area (Å²) < 4.78 is 0. The Bertz CT molecular complexity index is 702. The van der Waals surface area contributed by atoms with Gasteiger partial charge in [-0.3, -0.25) is 0 Å². The smallest absolute Gasteiger partial charge is 0.249 e. The number of hydrogen-bond donors (Lipinski definition) is 1. The topological polar surface area (TPSA) is 57.2 Å². The zero-order valence-electron chi connectivity index (χ0n) is 15.6. The number of anilines is 4. The van der Waals surface area contributed by atoms with Crippen molar-refractivity contribution in [1.82, 2.24) is 15.2 Å². The van der Waals surface area contributed by atoms with Crippen molar-refractivity contribution in [3.8, 4) is 0 Å². The molecular formula is C20H28N6. The molecule has 1 aromatic carbocycles. The Kier molecular flexibility index (Phi) is 5.18. The second-order valence-electron chi connectivity index (χ2n) is 7.53. The first-order valence-corrected chi connectivity index (χ1v) is 9.85. The molecule has 2 aromatic rings. The zero-order chi connectivity index (χ0) is 17.8. The van der Waals surface area contributed by atoms with Crippen LogP contribution in [0.1, 0.15) is 39.0 Å². The van der Waals surface area contributed by atoms with Crippen molar-refractivity contribution < 1.29 is 0 Å². The van der Waals surface area contributed by atoms with Gasteiger partial charge < -0.3 is 15.1 Å². The summed E-state index contributed by atoms with van der Waals surface area (Å²) in [5.41, 5.74) is 2.29. The van der Waals surface area contributed by atoms with Gasteiger partial charge in [0.05, 0.1) is 6.20 Å². The molecule has 1 N–H and O–H groups in total. The minimum atomic E-state index is 0.562. The van der Waals surface area contributed by atoms with Crippen molar-refractivity contribution in [3.05, 3.63) is 30.5 Å². The molecule has 0 amide bonds. The van der Waals surface area contributed by atoms with Crippen LogP contribution in [0.5, 0.6) is 0 Å². The van der Waals surface area contributed by atoms with Gasteiger partial charge in [-0.05, 0) is 62.3 Å². The predicted octanol–water partition coefficient (Wildman–Crippen LogP) is 3.84. The van der Waals surface area contributed by atoms with Gasteiger partial charge in [-0.25, -0.2) is 0 Å². The first kappa shape index (κ1) is 17.1. The highest BCUT2D eigenvalue weighted by Crippen LogP contribution is 2.24. The van der Waals surface area contributed by atoms with Crippen LogP contribution in [0.15, 0.2) is 30.5 Å². The van der Waals surface area contributed by atoms with Gasteiger partial charge >= 0.3 is 0 Å². The largest absolute Gasteiger partial charge is 0.372 e. The lowest BCUT2D eigenvalue weighted by Crippen LogP contribution is -2.33. The van der Waals surface area contributed by atoms with E-state index in [-0.39, 0.29) is 0 Å². The van der Waals surface area contributed by atoms with Gasteiger partial charge in [0.25, 0.3) is 0 Å². The lowest BCUT2D eigenvalue weighted by molar-refractivity contribution is 0.436. The number of nitrogens with one attached hydrogen (secondary N) is 1. The van der Waals surface area contributed by atoms with Gasteiger partial charge in [0.15, 0.2) is 5.82 Å². The third-order valence-electron chi connectivity index (χ3n) is 5.50. The molecule has 4 rings (SSSR count). The summed E-state index contributed by atoms with van der Waals surface area (Å²) in [4.78, 5) is 9.43. The van der Waals surface area contributed by atoms with Gasteiger partial charge in [-0.15, -0.1) is 5.10 Å². The summed E-state index contributed by atoms with van der Waals surface area (Å²) in [7, 11) is 0. The fraction of sp³-hybridized carbons (Fsp3) is 0.550. The van der Waals surface area contributed by atoms with Gasteiger partial charge in [-0.2, -0.15) is 10.1 Å². The zero-order valence-corrected chi connectivity index (χ0v) is 15.6. The molecule has 0 spiro atoms. The van der Waals surface area contributed by atoms with E-state index in [0.717, 1.165) is 43.6 Å². The molecule has 138 valence electrons. The second-order valence-corrected chi connectivity index (χ2v) is 7.53. The SMILES string of the molecule is CC1CCN(c2cnnc(Nc3ccc(N4CCCCC4)cc3)n2)CC1. The van der Waals surface area contributed by atoms with Crippen LogP contribution in [0.4, 0.5) is 23.1 Å². The molecule has 3 heterocycles. The summed E-state index contributed by atoms with van der Waals surface area (Å²) in [6.45, 7) is 6.73. The molecule has 2 saturated heterocycles. The molecule has 26 heavy (non-hydrogen) atoms. The maximum Gasteiger partial charge on any atom is 0.249 e. The van der Waals surface area contributed by atoms with Gasteiger partial charge in [-0.1, -0.05) is 6.92 Å². The molecule has 0 atom stereocenters. The second kappa shape index (κ2) is 7.89. The maximum atomic E-state index is 4.66. The van der Waals surface area contributed by atoms with Crippen molar-refractivity contribution >= 4 is 23.1 Å². The summed E-state index contributed by atoms with van der Waals surface area (Å²) in [6, 6.07) is 8.55. The van der Waals surface area contributed by atoms with E-state index in [1.807, 2.05) is 0 Å². The number of piperidine rings is 2. The predicted molar refractivity (Wildman–Crippen MR) is 106 cm³/mol. The Labute approximate surface area is 155 Å². The number of benzene rings is 1. The minimum absolute atomic E-state index is 0.562. The molecule has 6 heteroatoms. The normalized spacial score (nSPS) is 18.8. The standard InChI is InChI=1S/C20H28N6/c1-16-9-13-26(14-10-16)19-15-21-24-20(23-19)22-17-5-7-18(8-6-17)25-11-3-2-4-12-25/h5-8,15-16H,2-4,9-14H2,1H3,(H,22,23,24). The Morgan fingerprint density at radius 3 is 2.38 bits per heavy atom. The van der Waals surface area contributed by atoms with E-state index in [2.05, 4.69) is 61.5 Å². The van der Waals surface area contributed by atoms with E-state index in [9.17, 15) is 0 Å². The molecular weight excluding hydrogens is 324 g/mol. The van der Waals surface area contributed by atoms with Gasteiger partial charge in [0.2, 0.25) is 5.95 Å². The molecule has 2 aliphatic heterocycles. The highest BCUT2D eigenvalue weighted by atomic mass is 15.3. The van der Waals surface area contributed by atoms with Crippen LogP contribution < -0.4 is 15.1 Å². The molecule has 0 unspecified atom stereocenters. The number of nitrogens with zero attached hydrogens (tertiary/aromatic N) is 5. The highest BCUT2D eigenvalue weighted by Gasteiger charge is 2.18. The van der Waals surface area contributed by atoms with Crippen LogP contribution in [-0.2, 0) is 0 Å². The van der Waals surface area contributed by atoms with Crippen molar-refractivity contribution in [1.29, 1.82) is 0 Å². The van der Waals surface area contributed by atoms with Crippen LogP contribution >= 0.6 is 0 Å². The molecule has 0 radical (unpaired) electrons. The molecule has 6 nitrogen and oxygen atoms in total. The average Bonchev–Trinajstić information content (AvgIpc) is 2.70. The summed E-state index contributed by atoms with van der Waals surface area (Å²) in [6.07, 6.45) is 8.13. The lowest BCUT2D eigenvalue weighted by Gasteiger charge is -2.30. The number of hydrogen-bond acceptors (Lipinski definition) is 6. The van der Waals surface area contributed by atoms with E-state index >= 15 is 0 Å². The maximum absolute atomic E-state index is 4.66. The molecule has 0 saturated carbocycles. The Morgan fingerprint density at radius 1 is 0.923 bits per heavy atom. The Morgan fingerprint density at radius 2 is 1.65 bits per heavy atom. The molecule has 2 aliphatic rings. The van der Waals surface area contributed by atoms with Crippen LogP contribution in [0, 0.1) is 5.92 Å². The fourth-order valence-corrected chi connectivity index (χ4v) is 3.77. The van der Waals surface area contributed by atoms with E-state index in [1.54, 1.807) is 6.20 Å². The van der Waals surface area contributed by atoms with Crippen molar-refractivity contribution in [2.75, 3.05) is 41.3 Å². The van der Waals surface area contributed by atoms with E-state index in [1.165, 1.54) is 37.8 Å². The highest BCUT2D eigenvalue weighted by molar-refractivity contribution is 5.60. The van der Waals surface area contributed by atoms with Crippen LogP contribution in [0.2, 0.25) is 0 Å². The fourth-order valence-electron chi connectivity index (χ4n) is 3.77. The van der Waals surface area contributed by atoms with Crippen molar-refractivity contribution in [2.45, 2.75) is 39.0 Å². The summed E-state index contributed by atoms with van der Waals surface area (Å²) >= 11 is 0. The first-order chi connectivity index (χ1) is 12.8. The molecule has 1 aromatic heterocycles. The van der Waals surface area contributed by atoms with E-state index in [0.29, 0.717) is 5.95 Å². The average molecular weight is 352 g/mol. The van der Waals surface area contributed by atoms with Gasteiger partial charge in [0.1, 0.15) is 0 Å². The number of aromatic nitrogens is 3. The quantitative estimate of drug-likeness (QED) is 0.902. The van der Waals surface area contributed by atoms with Crippen LogP contribution in [0.3, 0.4) is 0 Å². The third kappa shape index (κ3) is 4.06. The van der Waals surface area contributed by atoms with E-state index < -0.39 is 0 Å². The molecule has 2 fully saturated rings. The third-order valence-corrected chi connectivity index (χ3v) is 5.50. The van der Waals surface area contributed by atoms with Crippen molar-refractivity contribution in [2.24, 2.45) is 5.92 Å².